The van der Waals surface area contributed by atoms with Gasteiger partial charge >= 0.3 is 0 Å². The Balaban J connectivity index is 1.54. The molecule has 0 saturated carbocycles. The summed E-state index contributed by atoms with van der Waals surface area (Å²) in [6.07, 6.45) is 0.695. The number of amides is 2. The fourth-order valence-electron chi connectivity index (χ4n) is 4.12. The van der Waals surface area contributed by atoms with Crippen LogP contribution < -0.4 is 14.8 Å². The lowest BCUT2D eigenvalue weighted by Gasteiger charge is -2.32. The van der Waals surface area contributed by atoms with Gasteiger partial charge < -0.3 is 14.8 Å². The Morgan fingerprint density at radius 2 is 1.78 bits per heavy atom. The maximum atomic E-state index is 13.3. The molecule has 7 nitrogen and oxygen atoms in total. The van der Waals surface area contributed by atoms with Crippen LogP contribution >= 0.6 is 11.8 Å². The average molecular weight is 518 g/mol. The van der Waals surface area contributed by atoms with Crippen molar-refractivity contribution in [2.45, 2.75) is 31.9 Å². The van der Waals surface area contributed by atoms with Gasteiger partial charge in [0, 0.05) is 18.7 Å². The molecule has 2 amide bonds. The molecule has 1 atom stereocenters. The molecule has 0 radical (unpaired) electrons. The predicted molar refractivity (Wildman–Crippen MR) is 149 cm³/mol. The number of hydrogen-bond donors (Lipinski definition) is 1. The molecule has 192 valence electrons. The van der Waals surface area contributed by atoms with Crippen molar-refractivity contribution in [3.63, 3.8) is 0 Å². The van der Waals surface area contributed by atoms with Crippen molar-refractivity contribution in [1.82, 2.24) is 4.90 Å². The number of para-hydroxylation sites is 1. The topological polar surface area (TPSA) is 80.2 Å². The van der Waals surface area contributed by atoms with E-state index in [4.69, 9.17) is 14.5 Å². The van der Waals surface area contributed by atoms with Gasteiger partial charge in [-0.05, 0) is 61.7 Å². The Morgan fingerprint density at radius 3 is 2.49 bits per heavy atom. The van der Waals surface area contributed by atoms with Crippen LogP contribution in [0, 0.1) is 13.8 Å². The number of hydrogen-bond acceptors (Lipinski definition) is 6. The number of anilines is 1. The molecular weight excluding hydrogens is 486 g/mol. The van der Waals surface area contributed by atoms with Crippen LogP contribution in [0.3, 0.4) is 0 Å². The van der Waals surface area contributed by atoms with Gasteiger partial charge in [0.15, 0.2) is 16.7 Å². The molecular formula is C29H31N3O4S. The van der Waals surface area contributed by atoms with E-state index in [1.165, 1.54) is 11.8 Å². The summed E-state index contributed by atoms with van der Waals surface area (Å²) < 4.78 is 10.7. The second-order valence-electron chi connectivity index (χ2n) is 8.83. The summed E-state index contributed by atoms with van der Waals surface area (Å²) in [7, 11) is 3.19. The maximum absolute atomic E-state index is 13.3. The van der Waals surface area contributed by atoms with Crippen LogP contribution in [0.15, 0.2) is 71.7 Å². The number of benzene rings is 3. The molecule has 1 fully saturated rings. The van der Waals surface area contributed by atoms with Crippen molar-refractivity contribution in [1.29, 1.82) is 0 Å². The SMILES string of the molecule is COc1ccc(CCN2C(=O)C[C@H](C(=O)Nc3ccc(C)cc3C)SC2=Nc2ccccc2)cc1OC. The summed E-state index contributed by atoms with van der Waals surface area (Å²) in [6.45, 7) is 4.40. The monoisotopic (exact) mass is 517 g/mol. The summed E-state index contributed by atoms with van der Waals surface area (Å²) in [5.41, 5.74) is 4.59. The first-order chi connectivity index (χ1) is 17.9. The number of thioether (sulfide) groups is 1. The fourth-order valence-corrected chi connectivity index (χ4v) is 5.24. The van der Waals surface area contributed by atoms with Gasteiger partial charge in [-0.1, -0.05) is 53.7 Å². The molecule has 0 unspecified atom stereocenters. The number of carbonyl (C=O) groups is 2. The number of amidine groups is 1. The van der Waals surface area contributed by atoms with E-state index in [0.29, 0.717) is 29.6 Å². The number of aliphatic imine (C=N–C) groups is 1. The van der Waals surface area contributed by atoms with E-state index < -0.39 is 5.25 Å². The van der Waals surface area contributed by atoms with Crippen LogP contribution in [0.4, 0.5) is 11.4 Å². The van der Waals surface area contributed by atoms with Crippen molar-refractivity contribution in [3.05, 3.63) is 83.4 Å². The van der Waals surface area contributed by atoms with Crippen LogP contribution in [-0.2, 0) is 16.0 Å². The number of carbonyl (C=O) groups excluding carboxylic acids is 2. The van der Waals surface area contributed by atoms with Crippen molar-refractivity contribution >= 4 is 40.1 Å². The number of rotatable bonds is 8. The quantitative estimate of drug-likeness (QED) is 0.425. The van der Waals surface area contributed by atoms with Crippen molar-refractivity contribution in [3.8, 4) is 11.5 Å². The van der Waals surface area contributed by atoms with Gasteiger partial charge in [-0.2, -0.15) is 0 Å². The Morgan fingerprint density at radius 1 is 1.03 bits per heavy atom. The van der Waals surface area contributed by atoms with Gasteiger partial charge in [-0.25, -0.2) is 4.99 Å². The second kappa shape index (κ2) is 12.0. The van der Waals surface area contributed by atoms with E-state index in [1.807, 2.05) is 80.6 Å². The van der Waals surface area contributed by atoms with Crippen molar-refractivity contribution in [2.24, 2.45) is 4.99 Å². The molecule has 8 heteroatoms. The number of ether oxygens (including phenoxy) is 2. The van der Waals surface area contributed by atoms with Crippen molar-refractivity contribution in [2.75, 3.05) is 26.1 Å². The van der Waals surface area contributed by atoms with Crippen LogP contribution in [0.25, 0.3) is 0 Å². The first-order valence-electron chi connectivity index (χ1n) is 12.1. The second-order valence-corrected chi connectivity index (χ2v) is 10.0. The van der Waals surface area contributed by atoms with E-state index >= 15 is 0 Å². The molecule has 1 N–H and O–H groups in total. The number of methoxy groups -OCH3 is 2. The van der Waals surface area contributed by atoms with Gasteiger partial charge in [-0.15, -0.1) is 0 Å². The third kappa shape index (κ3) is 6.51. The number of nitrogens with zero attached hydrogens (tertiary/aromatic N) is 2. The van der Waals surface area contributed by atoms with Gasteiger partial charge in [0.2, 0.25) is 11.8 Å². The zero-order valence-electron chi connectivity index (χ0n) is 21.5. The summed E-state index contributed by atoms with van der Waals surface area (Å²) in [5, 5.41) is 2.94. The summed E-state index contributed by atoms with van der Waals surface area (Å²) in [5.74, 6) is 0.959. The van der Waals surface area contributed by atoms with E-state index in [2.05, 4.69) is 5.32 Å². The van der Waals surface area contributed by atoms with Gasteiger partial charge in [-0.3, -0.25) is 14.5 Å². The lowest BCUT2D eigenvalue weighted by molar-refractivity contribution is -0.129. The largest absolute Gasteiger partial charge is 0.493 e. The average Bonchev–Trinajstić information content (AvgIpc) is 2.90. The molecule has 4 rings (SSSR count). The molecule has 0 aromatic heterocycles. The van der Waals surface area contributed by atoms with Crippen LogP contribution in [0.5, 0.6) is 11.5 Å². The molecule has 1 aliphatic heterocycles. The summed E-state index contributed by atoms with van der Waals surface area (Å²) in [4.78, 5) is 32.9. The lowest BCUT2D eigenvalue weighted by atomic mass is 10.1. The Hall–Kier alpha value is -3.78. The third-order valence-electron chi connectivity index (χ3n) is 6.12. The molecule has 3 aromatic rings. The van der Waals surface area contributed by atoms with Crippen LogP contribution in [0.2, 0.25) is 0 Å². The van der Waals surface area contributed by atoms with E-state index in [9.17, 15) is 9.59 Å². The highest BCUT2D eigenvalue weighted by Crippen LogP contribution is 2.32. The Bertz CT molecular complexity index is 1310. The van der Waals surface area contributed by atoms with E-state index in [-0.39, 0.29) is 18.2 Å². The lowest BCUT2D eigenvalue weighted by Crippen LogP contribution is -2.46. The maximum Gasteiger partial charge on any atom is 0.238 e. The first-order valence-corrected chi connectivity index (χ1v) is 13.0. The fraction of sp³-hybridized carbons (Fsp3) is 0.276. The summed E-state index contributed by atoms with van der Waals surface area (Å²) >= 11 is 1.32. The number of nitrogens with one attached hydrogen (secondary N) is 1. The molecule has 1 saturated heterocycles. The Labute approximate surface area is 221 Å². The van der Waals surface area contributed by atoms with Crippen LogP contribution in [-0.4, -0.2) is 47.9 Å². The third-order valence-corrected chi connectivity index (χ3v) is 7.31. The molecule has 0 bridgehead atoms. The number of aryl methyl sites for hydroxylation is 2. The Kier molecular flexibility index (Phi) is 8.50. The normalized spacial score (nSPS) is 16.5. The molecule has 0 spiro atoms. The highest BCUT2D eigenvalue weighted by Gasteiger charge is 2.36. The minimum absolute atomic E-state index is 0.0984. The highest BCUT2D eigenvalue weighted by molar-refractivity contribution is 8.15. The van der Waals surface area contributed by atoms with E-state index in [1.54, 1.807) is 19.1 Å². The minimum atomic E-state index is -0.576. The molecule has 1 heterocycles. The predicted octanol–water partition coefficient (Wildman–Crippen LogP) is 5.52. The molecule has 3 aromatic carbocycles. The first kappa shape index (κ1) is 26.3. The smallest absolute Gasteiger partial charge is 0.238 e. The minimum Gasteiger partial charge on any atom is -0.493 e. The van der Waals surface area contributed by atoms with Gasteiger partial charge in [0.1, 0.15) is 5.25 Å². The van der Waals surface area contributed by atoms with Crippen molar-refractivity contribution < 1.29 is 19.1 Å². The van der Waals surface area contributed by atoms with E-state index in [0.717, 1.165) is 28.1 Å². The zero-order valence-corrected chi connectivity index (χ0v) is 22.3. The summed E-state index contributed by atoms with van der Waals surface area (Å²) in [6, 6.07) is 21.1. The van der Waals surface area contributed by atoms with Gasteiger partial charge in [0.05, 0.1) is 19.9 Å². The standard InChI is InChI=1S/C29H31N3O4S/c1-19-10-12-23(20(2)16-19)31-28(34)26-18-27(33)32(29(37-26)30-22-8-6-5-7-9-22)15-14-21-11-13-24(35-3)25(17-21)36-4/h5-13,16-17,26H,14-15,18H2,1-4H3,(H,31,34)/t26-/m1/s1. The molecule has 37 heavy (non-hydrogen) atoms. The van der Waals surface area contributed by atoms with Gasteiger partial charge in [0.25, 0.3) is 0 Å². The zero-order chi connectivity index (χ0) is 26.4. The van der Waals surface area contributed by atoms with Crippen LogP contribution in [0.1, 0.15) is 23.1 Å². The highest BCUT2D eigenvalue weighted by atomic mass is 32.2. The molecule has 0 aliphatic carbocycles. The molecule has 1 aliphatic rings.